The highest BCUT2D eigenvalue weighted by atomic mass is 79.9. The number of hydrogen-bond donors (Lipinski definition) is 1. The van der Waals surface area contributed by atoms with Crippen molar-refractivity contribution in [1.29, 1.82) is 0 Å². The molecule has 2 aliphatic rings. The average molecular weight is 351 g/mol. The van der Waals surface area contributed by atoms with Crippen LogP contribution in [0.5, 0.6) is 0 Å². The predicted octanol–water partition coefficient (Wildman–Crippen LogP) is 3.77. The summed E-state index contributed by atoms with van der Waals surface area (Å²) >= 11 is 3.59. The second-order valence-corrected chi connectivity index (χ2v) is 7.68. The second kappa shape index (κ2) is 6.80. The van der Waals surface area contributed by atoms with Crippen LogP contribution in [0.3, 0.4) is 0 Å². The first-order valence-electron chi connectivity index (χ1n) is 8.34. The number of rotatable bonds is 3. The molecule has 0 aliphatic heterocycles. The number of benzene rings is 1. The maximum atomic E-state index is 3.59. The van der Waals surface area contributed by atoms with Gasteiger partial charge in [0.15, 0.2) is 0 Å². The Balaban J connectivity index is 1.62. The zero-order valence-corrected chi connectivity index (χ0v) is 14.8. The van der Waals surface area contributed by atoms with Crippen molar-refractivity contribution in [1.82, 2.24) is 10.2 Å². The molecule has 1 saturated carbocycles. The maximum Gasteiger partial charge on any atom is 0.0178 e. The van der Waals surface area contributed by atoms with Crippen LogP contribution in [0.4, 0.5) is 0 Å². The molecule has 2 aliphatic carbocycles. The van der Waals surface area contributed by atoms with Gasteiger partial charge in [0.25, 0.3) is 0 Å². The number of hydrogen-bond acceptors (Lipinski definition) is 2. The molecule has 116 valence electrons. The van der Waals surface area contributed by atoms with E-state index in [0.29, 0.717) is 0 Å². The normalized spacial score (nSPS) is 29.4. The van der Waals surface area contributed by atoms with Gasteiger partial charge in [-0.3, -0.25) is 0 Å². The Kier molecular flexibility index (Phi) is 5.03. The van der Waals surface area contributed by atoms with Crippen molar-refractivity contribution in [3.8, 4) is 0 Å². The Morgan fingerprint density at radius 1 is 1.05 bits per heavy atom. The summed E-state index contributed by atoms with van der Waals surface area (Å²) in [6, 6.07) is 9.09. The van der Waals surface area contributed by atoms with Crippen molar-refractivity contribution in [3.05, 3.63) is 33.8 Å². The molecule has 0 bridgehead atoms. The third-order valence-corrected chi connectivity index (χ3v) is 6.12. The minimum Gasteiger partial charge on any atom is -0.317 e. The fourth-order valence-electron chi connectivity index (χ4n) is 4.12. The molecule has 0 saturated heterocycles. The molecule has 1 atom stereocenters. The maximum absolute atomic E-state index is 3.59. The molecule has 1 aromatic rings. The number of fused-ring (bicyclic) bond motifs is 1. The van der Waals surface area contributed by atoms with Crippen molar-refractivity contribution >= 4 is 15.9 Å². The van der Waals surface area contributed by atoms with Crippen LogP contribution >= 0.6 is 15.9 Å². The fourth-order valence-corrected chi connectivity index (χ4v) is 4.53. The van der Waals surface area contributed by atoms with Crippen LogP contribution < -0.4 is 5.32 Å². The topological polar surface area (TPSA) is 15.3 Å². The van der Waals surface area contributed by atoms with Gasteiger partial charge in [-0.2, -0.15) is 0 Å². The highest BCUT2D eigenvalue weighted by molar-refractivity contribution is 9.10. The van der Waals surface area contributed by atoms with E-state index in [-0.39, 0.29) is 0 Å². The summed E-state index contributed by atoms with van der Waals surface area (Å²) in [5, 5.41) is 3.44. The molecule has 21 heavy (non-hydrogen) atoms. The van der Waals surface area contributed by atoms with Crippen LogP contribution in [0.15, 0.2) is 22.7 Å². The molecule has 0 heterocycles. The van der Waals surface area contributed by atoms with Crippen molar-refractivity contribution in [2.75, 3.05) is 14.1 Å². The third-order valence-electron chi connectivity index (χ3n) is 5.63. The van der Waals surface area contributed by atoms with Gasteiger partial charge in [-0.15, -0.1) is 0 Å². The van der Waals surface area contributed by atoms with Crippen molar-refractivity contribution < 1.29 is 0 Å². The Bertz CT molecular complexity index is 480. The molecule has 0 spiro atoms. The summed E-state index contributed by atoms with van der Waals surface area (Å²) in [5.41, 5.74) is 3.11. The quantitative estimate of drug-likeness (QED) is 0.892. The van der Waals surface area contributed by atoms with Crippen molar-refractivity contribution in [3.63, 3.8) is 0 Å². The summed E-state index contributed by atoms with van der Waals surface area (Å²) in [4.78, 5) is 2.69. The van der Waals surface area contributed by atoms with Crippen LogP contribution in [0.25, 0.3) is 0 Å². The standard InChI is InChI=1S/C18H27BrN2/c1-20-16-6-9-17(10-7-16)21(2)18-8-4-13-11-15(19)5-3-14(13)12-18/h3,5,11,16-18,20H,4,6-10,12H2,1-2H3. The van der Waals surface area contributed by atoms with Gasteiger partial charge in [-0.25, -0.2) is 0 Å². The first-order valence-corrected chi connectivity index (χ1v) is 9.13. The van der Waals surface area contributed by atoms with Gasteiger partial charge in [0.2, 0.25) is 0 Å². The number of halogens is 1. The molecule has 3 heteroatoms. The van der Waals surface area contributed by atoms with Gasteiger partial charge < -0.3 is 10.2 Å². The molecule has 0 amide bonds. The summed E-state index contributed by atoms with van der Waals surface area (Å²) < 4.78 is 1.22. The second-order valence-electron chi connectivity index (χ2n) is 6.77. The first-order chi connectivity index (χ1) is 10.2. The summed E-state index contributed by atoms with van der Waals surface area (Å²) in [5.74, 6) is 0. The average Bonchev–Trinajstić information content (AvgIpc) is 2.53. The van der Waals surface area contributed by atoms with E-state index in [1.54, 1.807) is 11.1 Å². The zero-order chi connectivity index (χ0) is 14.8. The third kappa shape index (κ3) is 3.52. The van der Waals surface area contributed by atoms with Gasteiger partial charge in [0.05, 0.1) is 0 Å². The Morgan fingerprint density at radius 3 is 2.52 bits per heavy atom. The van der Waals surface area contributed by atoms with Crippen molar-refractivity contribution in [2.45, 2.75) is 63.1 Å². The Hall–Kier alpha value is -0.380. The fraction of sp³-hybridized carbons (Fsp3) is 0.667. The summed E-state index contributed by atoms with van der Waals surface area (Å²) in [7, 11) is 4.46. The highest BCUT2D eigenvalue weighted by Crippen LogP contribution is 2.30. The lowest BCUT2D eigenvalue weighted by molar-refractivity contribution is 0.118. The largest absolute Gasteiger partial charge is 0.317 e. The summed E-state index contributed by atoms with van der Waals surface area (Å²) in [6.45, 7) is 0. The zero-order valence-electron chi connectivity index (χ0n) is 13.2. The number of nitrogens with one attached hydrogen (secondary N) is 1. The molecule has 1 aromatic carbocycles. The molecule has 1 fully saturated rings. The van der Waals surface area contributed by atoms with Crippen LogP contribution in [0, 0.1) is 0 Å². The van der Waals surface area contributed by atoms with E-state index >= 15 is 0 Å². The summed E-state index contributed by atoms with van der Waals surface area (Å²) in [6.07, 6.45) is 9.15. The molecular weight excluding hydrogens is 324 g/mol. The number of aryl methyl sites for hydroxylation is 1. The molecule has 3 rings (SSSR count). The SMILES string of the molecule is CNC1CCC(N(C)C2CCc3cc(Br)ccc3C2)CC1. The molecular formula is C18H27BrN2. The van der Waals surface area contributed by atoms with E-state index < -0.39 is 0 Å². The monoisotopic (exact) mass is 350 g/mol. The van der Waals surface area contributed by atoms with Crippen LogP contribution in [0.2, 0.25) is 0 Å². The lowest BCUT2D eigenvalue weighted by Crippen LogP contribution is -2.46. The van der Waals surface area contributed by atoms with Crippen molar-refractivity contribution in [2.24, 2.45) is 0 Å². The van der Waals surface area contributed by atoms with E-state index in [1.165, 1.54) is 49.4 Å². The van der Waals surface area contributed by atoms with Gasteiger partial charge in [-0.1, -0.05) is 22.0 Å². The van der Waals surface area contributed by atoms with E-state index in [0.717, 1.165) is 18.1 Å². The van der Waals surface area contributed by atoms with Crippen LogP contribution in [0.1, 0.15) is 43.2 Å². The van der Waals surface area contributed by atoms with Gasteiger partial charge in [-0.05, 0) is 82.3 Å². The van der Waals surface area contributed by atoms with E-state index in [9.17, 15) is 0 Å². The number of likely N-dealkylation sites (N-methyl/N-ethyl adjacent to an activating group) is 1. The molecule has 1 N–H and O–H groups in total. The predicted molar refractivity (Wildman–Crippen MR) is 92.8 cm³/mol. The Labute approximate surface area is 137 Å². The number of nitrogens with zero attached hydrogens (tertiary/aromatic N) is 1. The lowest BCUT2D eigenvalue weighted by atomic mass is 9.84. The van der Waals surface area contributed by atoms with Gasteiger partial charge >= 0.3 is 0 Å². The van der Waals surface area contributed by atoms with Crippen LogP contribution in [-0.4, -0.2) is 37.1 Å². The minimum absolute atomic E-state index is 0.731. The molecule has 1 unspecified atom stereocenters. The molecule has 2 nitrogen and oxygen atoms in total. The first kappa shape index (κ1) is 15.5. The highest BCUT2D eigenvalue weighted by Gasteiger charge is 2.29. The van der Waals surface area contributed by atoms with E-state index in [2.05, 4.69) is 58.4 Å². The Morgan fingerprint density at radius 2 is 1.81 bits per heavy atom. The van der Waals surface area contributed by atoms with E-state index in [4.69, 9.17) is 0 Å². The smallest absolute Gasteiger partial charge is 0.0178 e. The van der Waals surface area contributed by atoms with E-state index in [1.807, 2.05) is 0 Å². The molecule has 0 aromatic heterocycles. The lowest BCUT2D eigenvalue weighted by Gasteiger charge is -2.41. The van der Waals surface area contributed by atoms with Crippen LogP contribution in [-0.2, 0) is 12.8 Å². The minimum atomic E-state index is 0.731. The van der Waals surface area contributed by atoms with Gasteiger partial charge in [0, 0.05) is 22.6 Å². The molecule has 0 radical (unpaired) electrons. The van der Waals surface area contributed by atoms with Gasteiger partial charge in [0.1, 0.15) is 0 Å².